The van der Waals surface area contributed by atoms with Crippen LogP contribution >= 0.6 is 22.6 Å². The number of nitrogens with zero attached hydrogens (tertiary/aromatic N) is 1. The van der Waals surface area contributed by atoms with Crippen LogP contribution in [0.4, 0.5) is 0 Å². The van der Waals surface area contributed by atoms with E-state index in [4.69, 9.17) is 0 Å². The molecule has 0 radical (unpaired) electrons. The third-order valence-electron chi connectivity index (χ3n) is 2.10. The molecular weight excluding hydrogens is 289 g/mol. The van der Waals surface area contributed by atoms with Gasteiger partial charge in [-0.25, -0.2) is 8.42 Å². The van der Waals surface area contributed by atoms with Crippen LogP contribution in [-0.2, 0) is 9.84 Å². The number of sulfone groups is 1. The highest BCUT2D eigenvalue weighted by atomic mass is 127. The zero-order valence-electron chi connectivity index (χ0n) is 7.38. The molecule has 1 fully saturated rings. The second-order valence-electron chi connectivity index (χ2n) is 3.55. The van der Waals surface area contributed by atoms with Gasteiger partial charge in [-0.15, -0.1) is 0 Å². The summed E-state index contributed by atoms with van der Waals surface area (Å²) in [6, 6.07) is 0. The number of hydrogen-bond donors (Lipinski definition) is 0. The summed E-state index contributed by atoms with van der Waals surface area (Å²) in [4.78, 5) is 2.20. The first-order valence-corrected chi connectivity index (χ1v) is 6.86. The SMILES string of the molecule is CC(C)(I)N1CCS(=O)(=O)CC1. The summed E-state index contributed by atoms with van der Waals surface area (Å²) in [5, 5.41) is 0. The predicted molar refractivity (Wildman–Crippen MR) is 58.3 cm³/mol. The van der Waals surface area contributed by atoms with Crippen LogP contribution in [0.25, 0.3) is 0 Å². The number of hydrogen-bond acceptors (Lipinski definition) is 3. The van der Waals surface area contributed by atoms with Gasteiger partial charge in [0.25, 0.3) is 0 Å². The first kappa shape index (κ1) is 10.7. The predicted octanol–water partition coefficient (Wildman–Crippen LogP) is 0.888. The Morgan fingerprint density at radius 2 is 1.67 bits per heavy atom. The van der Waals surface area contributed by atoms with Crippen LogP contribution in [0.5, 0.6) is 0 Å². The molecule has 0 aromatic rings. The highest BCUT2D eigenvalue weighted by Gasteiger charge is 2.29. The van der Waals surface area contributed by atoms with E-state index in [-0.39, 0.29) is 3.55 Å². The molecule has 0 saturated carbocycles. The maximum absolute atomic E-state index is 11.1. The number of rotatable bonds is 1. The lowest BCUT2D eigenvalue weighted by atomic mass is 10.3. The molecule has 12 heavy (non-hydrogen) atoms. The zero-order valence-corrected chi connectivity index (χ0v) is 10.4. The van der Waals surface area contributed by atoms with E-state index in [9.17, 15) is 8.42 Å². The lowest BCUT2D eigenvalue weighted by molar-refractivity contribution is 0.227. The molecule has 0 N–H and O–H groups in total. The highest BCUT2D eigenvalue weighted by molar-refractivity contribution is 14.1. The maximum atomic E-state index is 11.1. The summed E-state index contributed by atoms with van der Waals surface area (Å²) < 4.78 is 22.3. The fraction of sp³-hybridized carbons (Fsp3) is 1.00. The Morgan fingerprint density at radius 3 is 2.00 bits per heavy atom. The van der Waals surface area contributed by atoms with Gasteiger partial charge < -0.3 is 0 Å². The molecule has 1 rings (SSSR count). The average Bonchev–Trinajstić information content (AvgIpc) is 1.83. The molecule has 1 aliphatic heterocycles. The normalized spacial score (nSPS) is 25.6. The Morgan fingerprint density at radius 1 is 1.25 bits per heavy atom. The second kappa shape index (κ2) is 3.42. The van der Waals surface area contributed by atoms with Crippen molar-refractivity contribution < 1.29 is 8.42 Å². The lowest BCUT2D eigenvalue weighted by Crippen LogP contribution is -2.48. The van der Waals surface area contributed by atoms with Crippen molar-refractivity contribution in [3.05, 3.63) is 0 Å². The van der Waals surface area contributed by atoms with E-state index in [0.717, 1.165) is 0 Å². The summed E-state index contributed by atoms with van der Waals surface area (Å²) in [6.07, 6.45) is 0. The topological polar surface area (TPSA) is 37.4 Å². The van der Waals surface area contributed by atoms with Crippen molar-refractivity contribution in [1.29, 1.82) is 0 Å². The van der Waals surface area contributed by atoms with Gasteiger partial charge in [0.05, 0.1) is 15.1 Å². The van der Waals surface area contributed by atoms with E-state index in [1.807, 2.05) is 0 Å². The van der Waals surface area contributed by atoms with Crippen LogP contribution in [0, 0.1) is 0 Å². The molecule has 0 aromatic heterocycles. The molecule has 5 heteroatoms. The Balaban J connectivity index is 2.58. The van der Waals surface area contributed by atoms with Crippen LogP contribution in [0.2, 0.25) is 0 Å². The number of halogens is 1. The monoisotopic (exact) mass is 303 g/mol. The first-order chi connectivity index (χ1) is 5.31. The maximum Gasteiger partial charge on any atom is 0.152 e. The average molecular weight is 303 g/mol. The molecular formula is C7H14INO2S. The van der Waals surface area contributed by atoms with Crippen molar-refractivity contribution in [2.45, 2.75) is 17.4 Å². The largest absolute Gasteiger partial charge is 0.288 e. The van der Waals surface area contributed by atoms with Gasteiger partial charge in [0, 0.05) is 13.1 Å². The van der Waals surface area contributed by atoms with Gasteiger partial charge in [-0.2, -0.15) is 0 Å². The molecule has 0 unspecified atom stereocenters. The van der Waals surface area contributed by atoms with Crippen molar-refractivity contribution in [2.75, 3.05) is 24.6 Å². The molecule has 1 saturated heterocycles. The van der Waals surface area contributed by atoms with Crippen molar-refractivity contribution in [3.8, 4) is 0 Å². The Bertz CT molecular complexity index is 241. The molecule has 1 heterocycles. The highest BCUT2D eigenvalue weighted by Crippen LogP contribution is 2.24. The van der Waals surface area contributed by atoms with Gasteiger partial charge in [-0.05, 0) is 13.8 Å². The van der Waals surface area contributed by atoms with Crippen LogP contribution < -0.4 is 0 Å². The molecule has 1 aliphatic rings. The van der Waals surface area contributed by atoms with Gasteiger partial charge in [0.15, 0.2) is 9.84 Å². The van der Waals surface area contributed by atoms with E-state index in [2.05, 4.69) is 41.3 Å². The number of alkyl halides is 1. The molecule has 0 aliphatic carbocycles. The zero-order chi connectivity index (χ0) is 9.41. The van der Waals surface area contributed by atoms with Crippen LogP contribution in [0.15, 0.2) is 0 Å². The Kier molecular flexibility index (Phi) is 3.05. The summed E-state index contributed by atoms with van der Waals surface area (Å²) in [7, 11) is -2.72. The third-order valence-corrected chi connectivity index (χ3v) is 4.39. The second-order valence-corrected chi connectivity index (χ2v) is 8.49. The first-order valence-electron chi connectivity index (χ1n) is 3.96. The van der Waals surface area contributed by atoms with E-state index >= 15 is 0 Å². The van der Waals surface area contributed by atoms with E-state index in [1.54, 1.807) is 0 Å². The lowest BCUT2D eigenvalue weighted by Gasteiger charge is -2.36. The Labute approximate surface area is 87.6 Å². The molecule has 0 amide bonds. The summed E-state index contributed by atoms with van der Waals surface area (Å²) in [6.45, 7) is 5.56. The van der Waals surface area contributed by atoms with Crippen molar-refractivity contribution in [3.63, 3.8) is 0 Å². The quantitative estimate of drug-likeness (QED) is 0.410. The molecule has 0 spiro atoms. The van der Waals surface area contributed by atoms with Gasteiger partial charge >= 0.3 is 0 Å². The van der Waals surface area contributed by atoms with Gasteiger partial charge in [-0.1, -0.05) is 22.6 Å². The summed E-state index contributed by atoms with van der Waals surface area (Å²) >= 11 is 2.34. The van der Waals surface area contributed by atoms with Crippen molar-refractivity contribution in [1.82, 2.24) is 4.90 Å². The van der Waals surface area contributed by atoms with Gasteiger partial charge in [0.1, 0.15) is 0 Å². The molecule has 0 atom stereocenters. The van der Waals surface area contributed by atoms with E-state index in [0.29, 0.717) is 24.6 Å². The third kappa shape index (κ3) is 2.85. The fourth-order valence-electron chi connectivity index (χ4n) is 1.24. The molecule has 0 aromatic carbocycles. The minimum atomic E-state index is -2.72. The summed E-state index contributed by atoms with van der Waals surface area (Å²) in [5.74, 6) is 0.638. The van der Waals surface area contributed by atoms with Crippen molar-refractivity contribution in [2.24, 2.45) is 0 Å². The molecule has 0 bridgehead atoms. The molecule has 3 nitrogen and oxygen atoms in total. The van der Waals surface area contributed by atoms with E-state index in [1.165, 1.54) is 0 Å². The van der Waals surface area contributed by atoms with Gasteiger partial charge in [-0.3, -0.25) is 4.90 Å². The van der Waals surface area contributed by atoms with Crippen LogP contribution in [0.3, 0.4) is 0 Å². The minimum Gasteiger partial charge on any atom is -0.288 e. The molecule has 72 valence electrons. The van der Waals surface area contributed by atoms with E-state index < -0.39 is 9.84 Å². The van der Waals surface area contributed by atoms with Crippen molar-refractivity contribution >= 4 is 32.4 Å². The summed E-state index contributed by atoms with van der Waals surface area (Å²) in [5.41, 5.74) is 0. The van der Waals surface area contributed by atoms with Crippen LogP contribution in [-0.4, -0.2) is 41.5 Å². The smallest absolute Gasteiger partial charge is 0.152 e. The van der Waals surface area contributed by atoms with Gasteiger partial charge in [0.2, 0.25) is 0 Å². The minimum absolute atomic E-state index is 0.0771. The fourth-order valence-corrected chi connectivity index (χ4v) is 2.93. The van der Waals surface area contributed by atoms with Crippen LogP contribution in [0.1, 0.15) is 13.8 Å². The Hall–Kier alpha value is 0.640. The standard InChI is InChI=1S/C7H14INO2S/c1-7(2,8)9-3-5-12(10,11)6-4-9/h3-6H2,1-2H3.